The summed E-state index contributed by atoms with van der Waals surface area (Å²) in [7, 11) is 1.91. The summed E-state index contributed by atoms with van der Waals surface area (Å²) in [6, 6.07) is 0. The zero-order valence-corrected chi connectivity index (χ0v) is 9.13. The van der Waals surface area contributed by atoms with E-state index in [1.807, 2.05) is 11.9 Å². The molecule has 3 nitrogen and oxygen atoms in total. The number of carbonyl (C=O) groups is 1. The minimum Gasteiger partial charge on any atom is -0.326 e. The van der Waals surface area contributed by atoms with E-state index in [0.717, 1.165) is 19.4 Å². The lowest BCUT2D eigenvalue weighted by Gasteiger charge is -2.38. The highest BCUT2D eigenvalue weighted by atomic mass is 16.2. The van der Waals surface area contributed by atoms with Crippen molar-refractivity contribution in [1.82, 2.24) is 9.80 Å². The summed E-state index contributed by atoms with van der Waals surface area (Å²) < 4.78 is 0. The Kier molecular flexibility index (Phi) is 2.96. The van der Waals surface area contributed by atoms with Crippen molar-refractivity contribution in [2.75, 3.05) is 20.1 Å². The molecule has 1 saturated heterocycles. The van der Waals surface area contributed by atoms with E-state index in [2.05, 4.69) is 25.7 Å². The number of nitrogens with zero attached hydrogens (tertiary/aromatic N) is 2. The summed E-state index contributed by atoms with van der Waals surface area (Å²) in [6.45, 7) is 7.97. The van der Waals surface area contributed by atoms with Gasteiger partial charge in [-0.15, -0.1) is 0 Å². The Morgan fingerprint density at radius 3 is 2.54 bits per heavy atom. The van der Waals surface area contributed by atoms with Gasteiger partial charge < -0.3 is 4.90 Å². The molecule has 0 bridgehead atoms. The van der Waals surface area contributed by atoms with Crippen LogP contribution < -0.4 is 0 Å². The fraction of sp³-hybridized carbons (Fsp3) is 0.900. The molecule has 3 heteroatoms. The predicted octanol–water partition coefficient (Wildman–Crippen LogP) is 1.30. The zero-order chi connectivity index (χ0) is 10.1. The van der Waals surface area contributed by atoms with Crippen LogP contribution >= 0.6 is 0 Å². The van der Waals surface area contributed by atoms with Crippen molar-refractivity contribution in [3.8, 4) is 0 Å². The SMILES string of the molecule is CCCC1(C)N(CC)CC(=O)N1C. The maximum absolute atomic E-state index is 11.5. The van der Waals surface area contributed by atoms with E-state index in [1.54, 1.807) is 0 Å². The molecule has 1 aliphatic heterocycles. The molecule has 1 fully saturated rings. The fourth-order valence-corrected chi connectivity index (χ4v) is 2.17. The molecular weight excluding hydrogens is 164 g/mol. The maximum atomic E-state index is 11.5. The molecule has 0 aromatic heterocycles. The first-order valence-corrected chi connectivity index (χ1v) is 5.08. The number of carbonyl (C=O) groups excluding carboxylic acids is 1. The lowest BCUT2D eigenvalue weighted by Crippen LogP contribution is -2.49. The first-order chi connectivity index (χ1) is 6.06. The van der Waals surface area contributed by atoms with Crippen molar-refractivity contribution in [2.24, 2.45) is 0 Å². The summed E-state index contributed by atoms with van der Waals surface area (Å²) >= 11 is 0. The molecule has 1 rings (SSSR count). The van der Waals surface area contributed by atoms with Crippen molar-refractivity contribution in [1.29, 1.82) is 0 Å². The predicted molar refractivity (Wildman–Crippen MR) is 53.3 cm³/mol. The van der Waals surface area contributed by atoms with E-state index < -0.39 is 0 Å². The highest BCUT2D eigenvalue weighted by molar-refractivity contribution is 5.81. The Balaban J connectivity index is 2.83. The second-order valence-corrected chi connectivity index (χ2v) is 3.93. The van der Waals surface area contributed by atoms with Gasteiger partial charge in [0.25, 0.3) is 0 Å². The molecule has 0 spiro atoms. The Morgan fingerprint density at radius 2 is 2.08 bits per heavy atom. The molecule has 13 heavy (non-hydrogen) atoms. The van der Waals surface area contributed by atoms with Crippen molar-refractivity contribution < 1.29 is 4.79 Å². The number of rotatable bonds is 3. The van der Waals surface area contributed by atoms with Crippen molar-refractivity contribution in [3.63, 3.8) is 0 Å². The second kappa shape index (κ2) is 3.66. The normalized spacial score (nSPS) is 30.2. The Labute approximate surface area is 80.7 Å². The minimum atomic E-state index is -0.0411. The van der Waals surface area contributed by atoms with E-state index in [-0.39, 0.29) is 11.6 Å². The van der Waals surface area contributed by atoms with Crippen molar-refractivity contribution >= 4 is 5.91 Å². The van der Waals surface area contributed by atoms with Crippen LogP contribution in [0.3, 0.4) is 0 Å². The molecule has 0 aromatic rings. The molecule has 0 radical (unpaired) electrons. The third-order valence-electron chi connectivity index (χ3n) is 3.21. The van der Waals surface area contributed by atoms with Crippen LogP contribution in [0.25, 0.3) is 0 Å². The van der Waals surface area contributed by atoms with Gasteiger partial charge in [-0.25, -0.2) is 0 Å². The van der Waals surface area contributed by atoms with E-state index in [1.165, 1.54) is 0 Å². The monoisotopic (exact) mass is 184 g/mol. The summed E-state index contributed by atoms with van der Waals surface area (Å²) in [4.78, 5) is 15.7. The Morgan fingerprint density at radius 1 is 1.46 bits per heavy atom. The zero-order valence-electron chi connectivity index (χ0n) is 9.13. The highest BCUT2D eigenvalue weighted by Gasteiger charge is 2.43. The quantitative estimate of drug-likeness (QED) is 0.660. The van der Waals surface area contributed by atoms with Gasteiger partial charge in [-0.05, 0) is 19.9 Å². The molecule has 1 unspecified atom stereocenters. The summed E-state index contributed by atoms with van der Waals surface area (Å²) in [5.41, 5.74) is -0.0411. The minimum absolute atomic E-state index is 0.0411. The number of hydrogen-bond donors (Lipinski definition) is 0. The molecule has 0 saturated carbocycles. The van der Waals surface area contributed by atoms with Gasteiger partial charge in [0.1, 0.15) is 0 Å². The van der Waals surface area contributed by atoms with Gasteiger partial charge in [0.2, 0.25) is 5.91 Å². The van der Waals surface area contributed by atoms with E-state index >= 15 is 0 Å². The summed E-state index contributed by atoms with van der Waals surface area (Å²) in [5.74, 6) is 0.248. The first-order valence-electron chi connectivity index (χ1n) is 5.08. The number of hydrogen-bond acceptors (Lipinski definition) is 2. The Hall–Kier alpha value is -0.570. The van der Waals surface area contributed by atoms with Crippen LogP contribution in [0.5, 0.6) is 0 Å². The molecule has 0 aliphatic carbocycles. The smallest absolute Gasteiger partial charge is 0.238 e. The Bertz CT molecular complexity index is 205. The molecular formula is C10H20N2O. The van der Waals surface area contributed by atoms with Crippen LogP contribution in [-0.4, -0.2) is 41.5 Å². The van der Waals surface area contributed by atoms with Gasteiger partial charge in [-0.1, -0.05) is 20.3 Å². The van der Waals surface area contributed by atoms with Crippen LogP contribution in [0.1, 0.15) is 33.6 Å². The lowest BCUT2D eigenvalue weighted by atomic mass is 10.1. The molecule has 1 atom stereocenters. The highest BCUT2D eigenvalue weighted by Crippen LogP contribution is 2.29. The second-order valence-electron chi connectivity index (χ2n) is 3.93. The molecule has 1 heterocycles. The van der Waals surface area contributed by atoms with E-state index in [4.69, 9.17) is 0 Å². The summed E-state index contributed by atoms with van der Waals surface area (Å²) in [6.07, 6.45) is 2.17. The average molecular weight is 184 g/mol. The van der Waals surface area contributed by atoms with Gasteiger partial charge in [-0.3, -0.25) is 9.69 Å². The number of amides is 1. The molecule has 0 aromatic carbocycles. The van der Waals surface area contributed by atoms with Crippen molar-refractivity contribution in [3.05, 3.63) is 0 Å². The van der Waals surface area contributed by atoms with Crippen LogP contribution in [-0.2, 0) is 4.79 Å². The molecule has 0 N–H and O–H groups in total. The van der Waals surface area contributed by atoms with Gasteiger partial charge in [0, 0.05) is 7.05 Å². The van der Waals surface area contributed by atoms with Crippen LogP contribution in [0.15, 0.2) is 0 Å². The maximum Gasteiger partial charge on any atom is 0.238 e. The van der Waals surface area contributed by atoms with Crippen LogP contribution in [0, 0.1) is 0 Å². The first kappa shape index (κ1) is 10.5. The number of likely N-dealkylation sites (N-methyl/N-ethyl adjacent to an activating group) is 2. The topological polar surface area (TPSA) is 23.6 Å². The van der Waals surface area contributed by atoms with E-state index in [9.17, 15) is 4.79 Å². The van der Waals surface area contributed by atoms with Gasteiger partial charge in [-0.2, -0.15) is 0 Å². The van der Waals surface area contributed by atoms with Gasteiger partial charge in [0.15, 0.2) is 0 Å². The standard InChI is InChI=1S/C10H20N2O/c1-5-7-10(3)11(4)9(13)8-12(10)6-2/h5-8H2,1-4H3. The van der Waals surface area contributed by atoms with Crippen molar-refractivity contribution in [2.45, 2.75) is 39.3 Å². The van der Waals surface area contributed by atoms with Gasteiger partial charge in [0.05, 0.1) is 12.2 Å². The van der Waals surface area contributed by atoms with Gasteiger partial charge >= 0.3 is 0 Å². The fourth-order valence-electron chi connectivity index (χ4n) is 2.17. The molecule has 1 amide bonds. The van der Waals surface area contributed by atoms with Crippen LogP contribution in [0.2, 0.25) is 0 Å². The van der Waals surface area contributed by atoms with E-state index in [0.29, 0.717) is 6.54 Å². The van der Waals surface area contributed by atoms with Crippen LogP contribution in [0.4, 0.5) is 0 Å². The third kappa shape index (κ3) is 1.57. The summed E-state index contributed by atoms with van der Waals surface area (Å²) in [5, 5.41) is 0. The average Bonchev–Trinajstić information content (AvgIpc) is 2.31. The largest absolute Gasteiger partial charge is 0.326 e. The third-order valence-corrected chi connectivity index (χ3v) is 3.21. The lowest BCUT2D eigenvalue weighted by molar-refractivity contribution is -0.128. The molecule has 1 aliphatic rings. The molecule has 76 valence electrons.